The van der Waals surface area contributed by atoms with Crippen molar-refractivity contribution >= 4 is 33.2 Å². The van der Waals surface area contributed by atoms with E-state index in [-0.39, 0.29) is 5.91 Å². The van der Waals surface area contributed by atoms with Crippen molar-refractivity contribution in [3.05, 3.63) is 67.7 Å². The minimum atomic E-state index is -0.266. The zero-order chi connectivity index (χ0) is 19.6. The molecule has 6 heteroatoms. The Morgan fingerprint density at radius 3 is 2.48 bits per heavy atom. The van der Waals surface area contributed by atoms with Gasteiger partial charge in [0.15, 0.2) is 4.80 Å². The highest BCUT2D eigenvalue weighted by molar-refractivity contribution is 9.10. The third kappa shape index (κ3) is 4.06. The van der Waals surface area contributed by atoms with Crippen LogP contribution in [0.15, 0.2) is 51.9 Å². The van der Waals surface area contributed by atoms with Crippen LogP contribution in [0, 0.1) is 13.8 Å². The van der Waals surface area contributed by atoms with Crippen LogP contribution >= 0.6 is 27.3 Å². The summed E-state index contributed by atoms with van der Waals surface area (Å²) < 4.78 is 8.05. The van der Waals surface area contributed by atoms with Gasteiger partial charge in [0.05, 0.1) is 17.3 Å². The Labute approximate surface area is 171 Å². The maximum absolute atomic E-state index is 12.7. The van der Waals surface area contributed by atoms with E-state index in [4.69, 9.17) is 4.74 Å². The van der Waals surface area contributed by atoms with Gasteiger partial charge in [0.25, 0.3) is 5.91 Å². The number of amides is 1. The molecule has 0 N–H and O–H groups in total. The summed E-state index contributed by atoms with van der Waals surface area (Å²) in [5, 5.41) is 0. The van der Waals surface area contributed by atoms with Gasteiger partial charge in [0, 0.05) is 17.0 Å². The maximum Gasteiger partial charge on any atom is 0.279 e. The average Bonchev–Trinajstić information content (AvgIpc) is 2.97. The molecule has 0 aliphatic heterocycles. The second kappa shape index (κ2) is 8.23. The lowest BCUT2D eigenvalue weighted by Crippen LogP contribution is -2.17. The molecule has 1 amide bonds. The highest BCUT2D eigenvalue weighted by Gasteiger charge is 2.14. The Bertz CT molecular complexity index is 1050. The van der Waals surface area contributed by atoms with Crippen LogP contribution in [0.4, 0.5) is 0 Å². The van der Waals surface area contributed by atoms with Gasteiger partial charge in [-0.1, -0.05) is 29.8 Å². The number of thiazole rings is 1. The number of aromatic nitrogens is 1. The Hall–Kier alpha value is -2.18. The summed E-state index contributed by atoms with van der Waals surface area (Å²) in [6.45, 7) is 6.95. The van der Waals surface area contributed by atoms with Crippen molar-refractivity contribution in [1.29, 1.82) is 0 Å². The van der Waals surface area contributed by atoms with Crippen LogP contribution in [-0.2, 0) is 6.54 Å². The number of rotatable bonds is 4. The number of carbonyl (C=O) groups excluding carboxylic acids is 1. The van der Waals surface area contributed by atoms with Crippen LogP contribution in [0.2, 0.25) is 0 Å². The number of methoxy groups -OCH3 is 1. The topological polar surface area (TPSA) is 43.6 Å². The van der Waals surface area contributed by atoms with E-state index in [2.05, 4.69) is 70.5 Å². The molecule has 0 saturated carbocycles. The van der Waals surface area contributed by atoms with Crippen molar-refractivity contribution in [2.75, 3.05) is 7.11 Å². The number of hydrogen-bond acceptors (Lipinski definition) is 3. The van der Waals surface area contributed by atoms with Gasteiger partial charge >= 0.3 is 0 Å². The van der Waals surface area contributed by atoms with Gasteiger partial charge in [0.1, 0.15) is 5.75 Å². The predicted octanol–water partition coefficient (Wildman–Crippen LogP) is 5.37. The standard InChI is InChI=1S/C21H21BrN2O2S/c1-5-24-19(15-8-6-13(2)7-9-15)14(3)27-21(24)23-20(25)16-10-11-18(26-4)17(22)12-16/h6-12H,5H2,1-4H3. The molecule has 4 nitrogen and oxygen atoms in total. The predicted molar refractivity (Wildman–Crippen MR) is 113 cm³/mol. The van der Waals surface area contributed by atoms with Gasteiger partial charge in [-0.2, -0.15) is 4.99 Å². The SMILES string of the molecule is CCn1c(-c2ccc(C)cc2)c(C)sc1=NC(=O)c1ccc(OC)c(Br)c1. The highest BCUT2D eigenvalue weighted by atomic mass is 79.9. The van der Waals surface area contributed by atoms with Crippen molar-refractivity contribution in [3.8, 4) is 17.0 Å². The monoisotopic (exact) mass is 444 g/mol. The van der Waals surface area contributed by atoms with Gasteiger partial charge in [-0.25, -0.2) is 0 Å². The molecule has 0 aliphatic rings. The van der Waals surface area contributed by atoms with Crippen LogP contribution in [0.1, 0.15) is 27.7 Å². The molecule has 0 atom stereocenters. The summed E-state index contributed by atoms with van der Waals surface area (Å²) in [6, 6.07) is 13.7. The Balaban J connectivity index is 2.06. The summed E-state index contributed by atoms with van der Waals surface area (Å²) in [4.78, 5) is 19.0. The Morgan fingerprint density at radius 2 is 1.89 bits per heavy atom. The Morgan fingerprint density at radius 1 is 1.19 bits per heavy atom. The van der Waals surface area contributed by atoms with E-state index in [0.29, 0.717) is 16.1 Å². The highest BCUT2D eigenvalue weighted by Crippen LogP contribution is 2.27. The first-order valence-electron chi connectivity index (χ1n) is 8.64. The smallest absolute Gasteiger partial charge is 0.279 e. The van der Waals surface area contributed by atoms with Crippen molar-refractivity contribution < 1.29 is 9.53 Å². The summed E-state index contributed by atoms with van der Waals surface area (Å²) in [7, 11) is 1.59. The fourth-order valence-corrected chi connectivity index (χ4v) is 4.52. The van der Waals surface area contributed by atoms with Crippen molar-refractivity contribution in [2.45, 2.75) is 27.3 Å². The van der Waals surface area contributed by atoms with E-state index >= 15 is 0 Å². The third-order valence-corrected chi connectivity index (χ3v) is 5.93. The molecule has 27 heavy (non-hydrogen) atoms. The number of benzene rings is 2. The molecule has 0 unspecified atom stereocenters. The quantitative estimate of drug-likeness (QED) is 0.542. The molecule has 0 saturated heterocycles. The number of aryl methyl sites for hydroxylation is 2. The molecule has 1 aromatic heterocycles. The Kier molecular flexibility index (Phi) is 5.97. The first-order chi connectivity index (χ1) is 12.9. The van der Waals surface area contributed by atoms with Crippen molar-refractivity contribution in [3.63, 3.8) is 0 Å². The van der Waals surface area contributed by atoms with Gasteiger partial charge in [0.2, 0.25) is 0 Å². The largest absolute Gasteiger partial charge is 0.496 e. The molecule has 0 aliphatic carbocycles. The molecule has 0 fully saturated rings. The minimum absolute atomic E-state index is 0.266. The summed E-state index contributed by atoms with van der Waals surface area (Å²) in [5.41, 5.74) is 4.00. The molecule has 0 bridgehead atoms. The van der Waals surface area contributed by atoms with E-state index < -0.39 is 0 Å². The second-order valence-corrected chi connectivity index (χ2v) is 8.20. The van der Waals surface area contributed by atoms with Gasteiger partial charge in [-0.3, -0.25) is 4.79 Å². The number of ether oxygens (including phenoxy) is 1. The number of carbonyl (C=O) groups is 1. The van der Waals surface area contributed by atoms with Crippen molar-refractivity contribution in [1.82, 2.24) is 4.57 Å². The van der Waals surface area contributed by atoms with Crippen LogP contribution in [0.5, 0.6) is 5.75 Å². The van der Waals surface area contributed by atoms with E-state index in [1.165, 1.54) is 16.9 Å². The number of nitrogens with zero attached hydrogens (tertiary/aromatic N) is 2. The first kappa shape index (κ1) is 19.6. The van der Waals surface area contributed by atoms with Gasteiger partial charge in [-0.05, 0) is 60.5 Å². The second-order valence-electron chi connectivity index (χ2n) is 6.17. The summed E-state index contributed by atoms with van der Waals surface area (Å²) in [5.74, 6) is 0.418. The van der Waals surface area contributed by atoms with E-state index in [0.717, 1.165) is 27.2 Å². The molecule has 2 aromatic carbocycles. The average molecular weight is 445 g/mol. The zero-order valence-corrected chi connectivity index (χ0v) is 18.1. The van der Waals surface area contributed by atoms with Gasteiger partial charge < -0.3 is 9.30 Å². The molecular weight excluding hydrogens is 424 g/mol. The van der Waals surface area contributed by atoms with E-state index in [9.17, 15) is 4.79 Å². The van der Waals surface area contributed by atoms with E-state index in [1.807, 2.05) is 0 Å². The number of halogens is 1. The number of hydrogen-bond donors (Lipinski definition) is 0. The van der Waals surface area contributed by atoms with Gasteiger partial charge in [-0.15, -0.1) is 11.3 Å². The zero-order valence-electron chi connectivity index (χ0n) is 15.7. The first-order valence-corrected chi connectivity index (χ1v) is 10.3. The van der Waals surface area contributed by atoms with Crippen LogP contribution in [0.3, 0.4) is 0 Å². The molecule has 0 spiro atoms. The van der Waals surface area contributed by atoms with Crippen molar-refractivity contribution in [2.24, 2.45) is 4.99 Å². The molecule has 140 valence electrons. The molecule has 1 heterocycles. The molecule has 3 rings (SSSR count). The fourth-order valence-electron chi connectivity index (χ4n) is 2.92. The lowest BCUT2D eigenvalue weighted by molar-refractivity contribution is 0.0997. The molecule has 3 aromatic rings. The fraction of sp³-hybridized carbons (Fsp3) is 0.238. The lowest BCUT2D eigenvalue weighted by Gasteiger charge is -2.08. The lowest BCUT2D eigenvalue weighted by atomic mass is 10.1. The van der Waals surface area contributed by atoms with E-state index in [1.54, 1.807) is 25.3 Å². The summed E-state index contributed by atoms with van der Waals surface area (Å²) >= 11 is 4.96. The molecular formula is C21H21BrN2O2S. The van der Waals surface area contributed by atoms with Crippen LogP contribution in [0.25, 0.3) is 11.3 Å². The minimum Gasteiger partial charge on any atom is -0.496 e. The normalized spacial score (nSPS) is 11.7. The van der Waals surface area contributed by atoms with Crippen LogP contribution in [-0.4, -0.2) is 17.6 Å². The third-order valence-electron chi connectivity index (χ3n) is 4.32. The maximum atomic E-state index is 12.7. The molecule has 0 radical (unpaired) electrons. The van der Waals surface area contributed by atoms with Crippen LogP contribution < -0.4 is 9.54 Å². The summed E-state index contributed by atoms with van der Waals surface area (Å²) in [6.07, 6.45) is 0.